The molecule has 3 fully saturated rings. The lowest BCUT2D eigenvalue weighted by atomic mass is 10.0. The van der Waals surface area contributed by atoms with Crippen LogP contribution in [0.3, 0.4) is 0 Å². The van der Waals surface area contributed by atoms with Gasteiger partial charge < -0.3 is 15.5 Å². The molecule has 6 nitrogen and oxygen atoms in total. The molecular formula is C19H26N4O2. The Balaban J connectivity index is 1.25. The predicted octanol–water partition coefficient (Wildman–Crippen LogP) is 2.06. The molecule has 1 aromatic heterocycles. The number of nitrogens with one attached hydrogen (secondary N) is 2. The molecule has 25 heavy (non-hydrogen) atoms. The summed E-state index contributed by atoms with van der Waals surface area (Å²) in [5.74, 6) is 0.175. The van der Waals surface area contributed by atoms with Crippen LogP contribution in [0.5, 0.6) is 0 Å². The maximum atomic E-state index is 12.4. The van der Waals surface area contributed by atoms with Crippen LogP contribution in [0.15, 0.2) is 24.5 Å². The van der Waals surface area contributed by atoms with Crippen molar-refractivity contribution in [3.63, 3.8) is 0 Å². The molecule has 0 unspecified atom stereocenters. The monoisotopic (exact) mass is 342 g/mol. The second-order valence-corrected chi connectivity index (χ2v) is 7.79. The molecule has 1 spiro atoms. The number of carbonyl (C=O) groups is 2. The smallest absolute Gasteiger partial charge is 0.317 e. The van der Waals surface area contributed by atoms with Crippen molar-refractivity contribution < 1.29 is 9.59 Å². The first-order chi connectivity index (χ1) is 12.2. The first-order valence-electron chi connectivity index (χ1n) is 9.38. The summed E-state index contributed by atoms with van der Waals surface area (Å²) in [6, 6.07) is 4.23. The summed E-state index contributed by atoms with van der Waals surface area (Å²) in [5, 5.41) is 6.19. The zero-order chi connectivity index (χ0) is 17.3. The number of likely N-dealkylation sites (tertiary alicyclic amines) is 1. The lowest BCUT2D eigenvalue weighted by Crippen LogP contribution is -2.43. The third-order valence-corrected chi connectivity index (χ3v) is 6.08. The fourth-order valence-corrected chi connectivity index (χ4v) is 4.39. The summed E-state index contributed by atoms with van der Waals surface area (Å²) < 4.78 is 0. The van der Waals surface area contributed by atoms with E-state index in [1.807, 2.05) is 17.0 Å². The topological polar surface area (TPSA) is 74.3 Å². The van der Waals surface area contributed by atoms with Gasteiger partial charge in [0.25, 0.3) is 0 Å². The normalized spacial score (nSPS) is 28.3. The van der Waals surface area contributed by atoms with Gasteiger partial charge in [-0.2, -0.15) is 0 Å². The fraction of sp³-hybridized carbons (Fsp3) is 0.632. The highest BCUT2D eigenvalue weighted by molar-refractivity contribution is 5.83. The van der Waals surface area contributed by atoms with Crippen LogP contribution in [0.25, 0.3) is 0 Å². The van der Waals surface area contributed by atoms with E-state index >= 15 is 0 Å². The number of aromatic nitrogens is 1. The van der Waals surface area contributed by atoms with Crippen LogP contribution < -0.4 is 10.6 Å². The van der Waals surface area contributed by atoms with Crippen LogP contribution in [0.2, 0.25) is 0 Å². The fourth-order valence-electron chi connectivity index (χ4n) is 4.39. The molecule has 4 rings (SSSR count). The van der Waals surface area contributed by atoms with E-state index in [2.05, 4.69) is 15.6 Å². The van der Waals surface area contributed by atoms with Crippen LogP contribution in [-0.2, 0) is 11.3 Å². The average molecular weight is 342 g/mol. The minimum Gasteiger partial charge on any atom is -0.352 e. The van der Waals surface area contributed by atoms with Crippen LogP contribution in [0.4, 0.5) is 4.79 Å². The number of urea groups is 1. The van der Waals surface area contributed by atoms with E-state index in [0.717, 1.165) is 44.3 Å². The maximum absolute atomic E-state index is 12.4. The van der Waals surface area contributed by atoms with Gasteiger partial charge in [-0.1, -0.05) is 12.8 Å². The Kier molecular flexibility index (Phi) is 4.36. The highest BCUT2D eigenvalue weighted by Crippen LogP contribution is 2.58. The summed E-state index contributed by atoms with van der Waals surface area (Å²) in [7, 11) is 0. The van der Waals surface area contributed by atoms with Gasteiger partial charge in [-0.05, 0) is 43.4 Å². The lowest BCUT2D eigenvalue weighted by Gasteiger charge is -2.20. The molecule has 2 atom stereocenters. The molecule has 1 aromatic rings. The summed E-state index contributed by atoms with van der Waals surface area (Å²) in [6.45, 7) is 2.03. The molecule has 1 aliphatic heterocycles. The van der Waals surface area contributed by atoms with Gasteiger partial charge >= 0.3 is 6.03 Å². The molecule has 0 radical (unpaired) electrons. The van der Waals surface area contributed by atoms with E-state index in [1.54, 1.807) is 12.4 Å². The third kappa shape index (κ3) is 3.48. The average Bonchev–Trinajstić information content (AvgIpc) is 2.96. The van der Waals surface area contributed by atoms with Gasteiger partial charge in [-0.3, -0.25) is 9.78 Å². The number of pyridine rings is 1. The van der Waals surface area contributed by atoms with Crippen molar-refractivity contribution in [3.05, 3.63) is 30.1 Å². The molecule has 2 saturated carbocycles. The van der Waals surface area contributed by atoms with E-state index < -0.39 is 0 Å². The van der Waals surface area contributed by atoms with E-state index in [4.69, 9.17) is 0 Å². The van der Waals surface area contributed by atoms with Gasteiger partial charge in [0.2, 0.25) is 5.91 Å². The van der Waals surface area contributed by atoms with Crippen molar-refractivity contribution in [2.45, 2.75) is 51.1 Å². The number of hydrogen-bond acceptors (Lipinski definition) is 3. The Labute approximate surface area is 148 Å². The number of hydrogen-bond donors (Lipinski definition) is 2. The highest BCUT2D eigenvalue weighted by Gasteiger charge is 2.61. The van der Waals surface area contributed by atoms with Gasteiger partial charge in [-0.15, -0.1) is 0 Å². The van der Waals surface area contributed by atoms with Crippen molar-refractivity contribution >= 4 is 11.9 Å². The van der Waals surface area contributed by atoms with Gasteiger partial charge in [0, 0.05) is 49.4 Å². The van der Waals surface area contributed by atoms with Crippen molar-refractivity contribution in [3.8, 4) is 0 Å². The molecular weight excluding hydrogens is 316 g/mol. The van der Waals surface area contributed by atoms with Crippen molar-refractivity contribution in [1.82, 2.24) is 20.5 Å². The largest absolute Gasteiger partial charge is 0.352 e. The van der Waals surface area contributed by atoms with Crippen LogP contribution in [0, 0.1) is 11.3 Å². The lowest BCUT2D eigenvalue weighted by molar-refractivity contribution is -0.123. The summed E-state index contributed by atoms with van der Waals surface area (Å²) in [5.41, 5.74) is 1.08. The van der Waals surface area contributed by atoms with Crippen molar-refractivity contribution in [1.29, 1.82) is 0 Å². The molecule has 1 saturated heterocycles. The Morgan fingerprint density at radius 1 is 1.24 bits per heavy atom. The molecule has 0 bridgehead atoms. The predicted molar refractivity (Wildman–Crippen MR) is 93.6 cm³/mol. The second kappa shape index (κ2) is 6.65. The molecule has 3 amide bonds. The standard InChI is InChI=1S/C19H26N4O2/c24-17(21-12-14-5-8-20-9-6-14)16-11-19(16)7-10-23(13-19)18(25)22-15-3-1-2-4-15/h5-6,8-9,15-16H,1-4,7,10-13H2,(H,21,24)(H,22,25)/t16-,19+/m1/s1. The van der Waals surface area contributed by atoms with E-state index in [9.17, 15) is 9.59 Å². The Morgan fingerprint density at radius 2 is 2.00 bits per heavy atom. The summed E-state index contributed by atoms with van der Waals surface area (Å²) in [6.07, 6.45) is 9.95. The number of nitrogens with zero attached hydrogens (tertiary/aromatic N) is 2. The van der Waals surface area contributed by atoms with Gasteiger partial charge in [0.15, 0.2) is 0 Å². The molecule has 6 heteroatoms. The molecule has 2 aliphatic carbocycles. The van der Waals surface area contributed by atoms with E-state index in [0.29, 0.717) is 12.6 Å². The number of carbonyl (C=O) groups excluding carboxylic acids is 2. The number of rotatable bonds is 4. The Hall–Kier alpha value is -2.11. The van der Waals surface area contributed by atoms with Gasteiger partial charge in [-0.25, -0.2) is 4.79 Å². The minimum absolute atomic E-state index is 0.0232. The SMILES string of the molecule is O=C(NCc1ccncc1)[C@H]1C[C@]12CCN(C(=O)NC1CCCC1)C2. The van der Waals surface area contributed by atoms with Crippen LogP contribution in [0.1, 0.15) is 44.1 Å². The quantitative estimate of drug-likeness (QED) is 0.879. The Bertz CT molecular complexity index is 644. The number of amides is 3. The molecule has 3 aliphatic rings. The molecule has 2 heterocycles. The third-order valence-electron chi connectivity index (χ3n) is 6.08. The zero-order valence-electron chi connectivity index (χ0n) is 14.5. The van der Waals surface area contributed by atoms with E-state index in [1.165, 1.54) is 12.8 Å². The van der Waals surface area contributed by atoms with Crippen LogP contribution in [-0.4, -0.2) is 41.0 Å². The van der Waals surface area contributed by atoms with Crippen molar-refractivity contribution in [2.24, 2.45) is 11.3 Å². The second-order valence-electron chi connectivity index (χ2n) is 7.79. The van der Waals surface area contributed by atoms with Crippen LogP contribution >= 0.6 is 0 Å². The van der Waals surface area contributed by atoms with E-state index in [-0.39, 0.29) is 23.3 Å². The van der Waals surface area contributed by atoms with Gasteiger partial charge in [0.05, 0.1) is 0 Å². The van der Waals surface area contributed by atoms with Gasteiger partial charge in [0.1, 0.15) is 0 Å². The highest BCUT2D eigenvalue weighted by atomic mass is 16.2. The molecule has 0 aromatic carbocycles. The first-order valence-corrected chi connectivity index (χ1v) is 9.38. The molecule has 2 N–H and O–H groups in total. The first kappa shape index (κ1) is 16.4. The maximum Gasteiger partial charge on any atom is 0.317 e. The molecule has 134 valence electrons. The zero-order valence-corrected chi connectivity index (χ0v) is 14.5. The summed E-state index contributed by atoms with van der Waals surface area (Å²) >= 11 is 0. The Morgan fingerprint density at radius 3 is 2.76 bits per heavy atom. The summed E-state index contributed by atoms with van der Waals surface area (Å²) in [4.78, 5) is 30.8. The minimum atomic E-state index is 0.0232. The van der Waals surface area contributed by atoms with Crippen molar-refractivity contribution in [2.75, 3.05) is 13.1 Å².